The molecule has 1 heterocycles. The lowest BCUT2D eigenvalue weighted by Crippen LogP contribution is -2.27. The molecule has 0 aromatic carbocycles. The van der Waals surface area contributed by atoms with Crippen molar-refractivity contribution in [3.63, 3.8) is 0 Å². The molecule has 51 heavy (non-hydrogen) atoms. The molecule has 8 heteroatoms. The van der Waals surface area contributed by atoms with Crippen LogP contribution in [0, 0.1) is 17.8 Å². The molecule has 0 amide bonds. The Morgan fingerprint density at radius 3 is 2.25 bits per heavy atom. The quantitative estimate of drug-likeness (QED) is 0.0514. The van der Waals surface area contributed by atoms with Crippen molar-refractivity contribution in [3.8, 4) is 0 Å². The van der Waals surface area contributed by atoms with Gasteiger partial charge in [-0.2, -0.15) is 0 Å². The number of ether oxygens (including phenoxy) is 2. The number of carbonyl (C=O) groups excluding carboxylic acids is 2. The molecule has 288 valence electrons. The van der Waals surface area contributed by atoms with E-state index in [0.717, 1.165) is 35.1 Å². The molecule has 0 saturated carbocycles. The predicted octanol–water partition coefficient (Wildman–Crippen LogP) is 8.18. The Kier molecular flexibility index (Phi) is 22.6. The molecule has 0 bridgehead atoms. The number of cyclic esters (lactones) is 1. The van der Waals surface area contributed by atoms with Crippen LogP contribution in [0.15, 0.2) is 83.1 Å². The average molecular weight is 713 g/mol. The predicted molar refractivity (Wildman–Crippen MR) is 207 cm³/mol. The zero-order chi connectivity index (χ0) is 38.5. The molecule has 4 N–H and O–H groups in total. The van der Waals surface area contributed by atoms with Gasteiger partial charge in [-0.1, -0.05) is 97.7 Å². The van der Waals surface area contributed by atoms with E-state index in [1.54, 1.807) is 19.9 Å². The van der Waals surface area contributed by atoms with Gasteiger partial charge in [0, 0.05) is 24.8 Å². The molecule has 0 radical (unpaired) electrons. The molecule has 0 spiro atoms. The van der Waals surface area contributed by atoms with Crippen molar-refractivity contribution in [2.24, 2.45) is 17.8 Å². The molecule has 9 atom stereocenters. The van der Waals surface area contributed by atoms with Crippen LogP contribution in [0.2, 0.25) is 0 Å². The van der Waals surface area contributed by atoms with Crippen molar-refractivity contribution < 1.29 is 39.5 Å². The maximum Gasteiger partial charge on any atom is 0.331 e. The van der Waals surface area contributed by atoms with Crippen LogP contribution in [-0.2, 0) is 19.1 Å². The van der Waals surface area contributed by atoms with Gasteiger partial charge in [-0.3, -0.25) is 4.79 Å². The third-order valence-electron chi connectivity index (χ3n) is 9.09. The molecule has 0 aromatic heterocycles. The number of esters is 2. The first kappa shape index (κ1) is 46.0. The second kappa shape index (κ2) is 25.0. The largest absolute Gasteiger partial charge is 0.462 e. The lowest BCUT2D eigenvalue weighted by Gasteiger charge is -2.26. The van der Waals surface area contributed by atoms with Crippen LogP contribution in [0.4, 0.5) is 0 Å². The third kappa shape index (κ3) is 21.8. The Hall–Kier alpha value is -3.04. The average Bonchev–Trinajstić information content (AvgIpc) is 3.02. The van der Waals surface area contributed by atoms with E-state index in [1.165, 1.54) is 6.08 Å². The van der Waals surface area contributed by atoms with E-state index in [9.17, 15) is 30.0 Å². The van der Waals surface area contributed by atoms with Gasteiger partial charge >= 0.3 is 11.9 Å². The van der Waals surface area contributed by atoms with E-state index in [-0.39, 0.29) is 42.4 Å². The number of hydrogen-bond acceptors (Lipinski definition) is 8. The van der Waals surface area contributed by atoms with E-state index in [4.69, 9.17) is 9.47 Å². The summed E-state index contributed by atoms with van der Waals surface area (Å²) in [7, 11) is 0. The zero-order valence-electron chi connectivity index (χ0n) is 32.8. The minimum atomic E-state index is -0.612. The summed E-state index contributed by atoms with van der Waals surface area (Å²) in [5.74, 6) is -0.582. The first-order valence-corrected chi connectivity index (χ1v) is 18.8. The maximum atomic E-state index is 12.9. The Bertz CT molecular complexity index is 1260. The Morgan fingerprint density at radius 2 is 1.59 bits per heavy atom. The van der Waals surface area contributed by atoms with Gasteiger partial charge < -0.3 is 29.9 Å². The minimum absolute atomic E-state index is 0.0808. The molecule has 0 saturated heterocycles. The van der Waals surface area contributed by atoms with Crippen molar-refractivity contribution in [1.29, 1.82) is 0 Å². The van der Waals surface area contributed by atoms with E-state index in [2.05, 4.69) is 26.0 Å². The molecule has 0 unspecified atom stereocenters. The lowest BCUT2D eigenvalue weighted by molar-refractivity contribution is -0.151. The lowest BCUT2D eigenvalue weighted by atomic mass is 9.90. The fraction of sp³-hybridized carbons (Fsp3) is 0.628. The monoisotopic (exact) mass is 712 g/mol. The summed E-state index contributed by atoms with van der Waals surface area (Å²) < 4.78 is 11.8. The number of aliphatic hydroxyl groups excluding tert-OH is 4. The SMILES string of the molecule is CC(=C\C=C\C(C)=C\C[C@@H](O)C[C@@H](C)O)/C=C(C)/C=C/C(=O)O[C@H]1CCCC(=O)O[C@@H]([C@@H](C)C/C(C)=C/[C@@H](C)[C@H](O)C[C@@H](C)O)C/C=C/C[C@@H]1C. The zero-order valence-corrected chi connectivity index (χ0v) is 32.8. The standard InChI is InChI=1S/C43H68O8/c1-29(20-22-38(46)27-36(8)44)14-12-15-30(2)24-31(3)21-23-43(49)50-40-18-13-19-42(48)51-41(17-11-10-16-33(40)5)35(7)26-32(4)25-34(6)39(47)28-37(9)45/h10-12,14-15,20-21,23-25,33-41,44-47H,13,16-19,22,26-28H2,1-9H3/b11-10+,14-12+,23-21+,29-20+,30-15+,31-24+,32-25+/t33-,34+,35-,36+,37+,38+,39+,40-,41+/m0/s1. The van der Waals surface area contributed by atoms with Crippen molar-refractivity contribution >= 4 is 11.9 Å². The van der Waals surface area contributed by atoms with Gasteiger partial charge in [-0.15, -0.1) is 0 Å². The Balaban J connectivity index is 2.77. The van der Waals surface area contributed by atoms with Crippen LogP contribution in [0.5, 0.6) is 0 Å². The summed E-state index contributed by atoms with van der Waals surface area (Å²) in [6.07, 6.45) is 21.0. The number of aliphatic hydroxyl groups is 4. The summed E-state index contributed by atoms with van der Waals surface area (Å²) in [5, 5.41) is 39.2. The molecule has 0 fully saturated rings. The van der Waals surface area contributed by atoms with Crippen molar-refractivity contribution in [1.82, 2.24) is 0 Å². The summed E-state index contributed by atoms with van der Waals surface area (Å²) in [4.78, 5) is 25.7. The highest BCUT2D eigenvalue weighted by molar-refractivity contribution is 5.82. The summed E-state index contributed by atoms with van der Waals surface area (Å²) in [6.45, 7) is 17.3. The van der Waals surface area contributed by atoms with E-state index >= 15 is 0 Å². The first-order chi connectivity index (χ1) is 24.0. The highest BCUT2D eigenvalue weighted by atomic mass is 16.5. The van der Waals surface area contributed by atoms with Crippen LogP contribution in [0.25, 0.3) is 0 Å². The second-order valence-corrected chi connectivity index (χ2v) is 14.9. The number of rotatable bonds is 17. The van der Waals surface area contributed by atoms with Gasteiger partial charge in [-0.05, 0) is 98.3 Å². The van der Waals surface area contributed by atoms with E-state index in [1.807, 2.05) is 71.1 Å². The number of carbonyl (C=O) groups is 2. The van der Waals surface area contributed by atoms with Crippen molar-refractivity contribution in [2.75, 3.05) is 0 Å². The summed E-state index contributed by atoms with van der Waals surface area (Å²) >= 11 is 0. The van der Waals surface area contributed by atoms with Gasteiger partial charge in [-0.25, -0.2) is 4.79 Å². The topological polar surface area (TPSA) is 134 Å². The van der Waals surface area contributed by atoms with Gasteiger partial charge in [0.25, 0.3) is 0 Å². The molecule has 8 nitrogen and oxygen atoms in total. The van der Waals surface area contributed by atoms with E-state index < -0.39 is 30.4 Å². The molecule has 1 aliphatic heterocycles. The fourth-order valence-corrected chi connectivity index (χ4v) is 6.13. The van der Waals surface area contributed by atoms with Crippen LogP contribution >= 0.6 is 0 Å². The maximum absolute atomic E-state index is 12.9. The van der Waals surface area contributed by atoms with E-state index in [0.29, 0.717) is 38.5 Å². The third-order valence-corrected chi connectivity index (χ3v) is 9.09. The summed E-state index contributed by atoms with van der Waals surface area (Å²) in [6, 6.07) is 0. The van der Waals surface area contributed by atoms with Crippen LogP contribution in [0.3, 0.4) is 0 Å². The molecular weight excluding hydrogens is 644 g/mol. The summed E-state index contributed by atoms with van der Waals surface area (Å²) in [5.41, 5.74) is 4.05. The number of allylic oxidation sites excluding steroid dienone is 10. The normalized spacial score (nSPS) is 25.0. The molecule has 1 rings (SSSR count). The molecule has 0 aromatic rings. The van der Waals surface area contributed by atoms with Gasteiger partial charge in [0.2, 0.25) is 0 Å². The minimum Gasteiger partial charge on any atom is -0.462 e. The molecular formula is C43H68O8. The van der Waals surface area contributed by atoms with Crippen LogP contribution in [0.1, 0.15) is 120 Å². The Labute approximate surface area is 308 Å². The van der Waals surface area contributed by atoms with Crippen LogP contribution < -0.4 is 0 Å². The fourth-order valence-electron chi connectivity index (χ4n) is 6.13. The highest BCUT2D eigenvalue weighted by Gasteiger charge is 2.25. The van der Waals surface area contributed by atoms with Crippen molar-refractivity contribution in [2.45, 2.75) is 157 Å². The molecule has 0 aliphatic carbocycles. The Morgan fingerprint density at radius 1 is 0.922 bits per heavy atom. The number of hydrogen-bond donors (Lipinski definition) is 4. The first-order valence-electron chi connectivity index (χ1n) is 18.8. The highest BCUT2D eigenvalue weighted by Crippen LogP contribution is 2.26. The van der Waals surface area contributed by atoms with Gasteiger partial charge in [0.15, 0.2) is 0 Å². The van der Waals surface area contributed by atoms with Crippen LogP contribution in [-0.4, -0.2) is 69.0 Å². The van der Waals surface area contributed by atoms with Crippen molar-refractivity contribution in [3.05, 3.63) is 83.1 Å². The van der Waals surface area contributed by atoms with Gasteiger partial charge in [0.1, 0.15) is 12.2 Å². The smallest absolute Gasteiger partial charge is 0.331 e. The van der Waals surface area contributed by atoms with Gasteiger partial charge in [0.05, 0.1) is 24.4 Å². The second-order valence-electron chi connectivity index (χ2n) is 14.9. The molecule has 1 aliphatic rings.